The highest BCUT2D eigenvalue weighted by Gasteiger charge is 2.55. The van der Waals surface area contributed by atoms with Crippen molar-refractivity contribution in [3.05, 3.63) is 35.6 Å². The molecule has 0 bridgehead atoms. The number of carbonyl (C=O) groups is 1. The predicted molar refractivity (Wildman–Crippen MR) is 119 cm³/mol. The van der Waals surface area contributed by atoms with Gasteiger partial charge in [-0.15, -0.1) is 0 Å². The Labute approximate surface area is 190 Å². The second kappa shape index (κ2) is 11.1. The molecular formula is C25H38FNO5. The molecule has 2 aliphatic rings. The monoisotopic (exact) mass is 451 g/mol. The van der Waals surface area contributed by atoms with Crippen molar-refractivity contribution in [3.8, 4) is 0 Å². The maximum absolute atomic E-state index is 13.0. The fourth-order valence-electron chi connectivity index (χ4n) is 5.73. The Bertz CT molecular complexity index is 744. The number of ether oxygens (including phenoxy) is 1. The van der Waals surface area contributed by atoms with Gasteiger partial charge in [-0.05, 0) is 80.4 Å². The maximum atomic E-state index is 13.0. The van der Waals surface area contributed by atoms with Gasteiger partial charge in [0.2, 0.25) is 5.91 Å². The number of aliphatic hydroxyl groups excluding tert-OH is 1. The van der Waals surface area contributed by atoms with E-state index in [9.17, 15) is 19.5 Å². The summed E-state index contributed by atoms with van der Waals surface area (Å²) in [6.45, 7) is 6.87. The van der Waals surface area contributed by atoms with Gasteiger partial charge in [0.25, 0.3) is 0 Å². The summed E-state index contributed by atoms with van der Waals surface area (Å²) in [6.07, 6.45) is 3.65. The van der Waals surface area contributed by atoms with Crippen LogP contribution in [0.1, 0.15) is 64.9 Å². The standard InChI is InChI=1S/C25H38FNO5/c1-16-4-10-22(25(32-30)15-31-17(2)5-11-21(16)25)18(3)23(28)12-13-24(29)27-14-19-6-8-20(26)9-7-19/h6-9,16-18,21-23,28,30H,4-5,10-15H2,1-3H3,(H,27,29)/t16-,17?,18?,21+,22+,23?,25-/m1/s1. The molecule has 0 aromatic heterocycles. The lowest BCUT2D eigenvalue weighted by Crippen LogP contribution is -2.58. The molecule has 1 aliphatic heterocycles. The second-order valence-electron chi connectivity index (χ2n) is 9.88. The number of fused-ring (bicyclic) bond motifs is 1. The first kappa shape index (κ1) is 25.1. The van der Waals surface area contributed by atoms with Crippen LogP contribution in [0.3, 0.4) is 0 Å². The van der Waals surface area contributed by atoms with Crippen LogP contribution in [-0.4, -0.2) is 40.7 Å². The number of aliphatic hydroxyl groups is 1. The number of nitrogens with one attached hydrogen (secondary N) is 1. The van der Waals surface area contributed by atoms with Gasteiger partial charge in [-0.2, -0.15) is 0 Å². The van der Waals surface area contributed by atoms with E-state index in [2.05, 4.69) is 12.2 Å². The van der Waals surface area contributed by atoms with Crippen molar-refractivity contribution in [2.45, 2.75) is 83.6 Å². The van der Waals surface area contributed by atoms with Crippen LogP contribution in [0.15, 0.2) is 24.3 Å². The minimum Gasteiger partial charge on any atom is -0.393 e. The molecule has 180 valence electrons. The third-order valence-electron chi connectivity index (χ3n) is 7.83. The van der Waals surface area contributed by atoms with Gasteiger partial charge in [-0.3, -0.25) is 10.1 Å². The van der Waals surface area contributed by atoms with Gasteiger partial charge < -0.3 is 15.2 Å². The maximum Gasteiger partial charge on any atom is 0.220 e. The van der Waals surface area contributed by atoms with Crippen molar-refractivity contribution in [1.29, 1.82) is 0 Å². The van der Waals surface area contributed by atoms with Crippen molar-refractivity contribution >= 4 is 5.91 Å². The lowest BCUT2D eigenvalue weighted by atomic mass is 9.59. The van der Waals surface area contributed by atoms with Crippen molar-refractivity contribution in [2.24, 2.45) is 23.7 Å². The number of rotatable bonds is 8. The minimum atomic E-state index is -0.826. The average Bonchev–Trinajstić information content (AvgIpc) is 2.97. The van der Waals surface area contributed by atoms with E-state index < -0.39 is 11.7 Å². The zero-order valence-electron chi connectivity index (χ0n) is 19.4. The van der Waals surface area contributed by atoms with Crippen molar-refractivity contribution < 1.29 is 29.2 Å². The van der Waals surface area contributed by atoms with Gasteiger partial charge in [0.15, 0.2) is 0 Å². The predicted octanol–water partition coefficient (Wildman–Crippen LogP) is 4.31. The van der Waals surface area contributed by atoms with E-state index in [1.54, 1.807) is 12.1 Å². The highest BCUT2D eigenvalue weighted by Crippen LogP contribution is 2.51. The number of carbonyl (C=O) groups excluding carboxylic acids is 1. The molecule has 1 aromatic carbocycles. The van der Waals surface area contributed by atoms with Gasteiger partial charge in [0.05, 0.1) is 18.8 Å². The third-order valence-corrected chi connectivity index (χ3v) is 7.83. The number of hydrogen-bond donors (Lipinski definition) is 3. The van der Waals surface area contributed by atoms with E-state index in [-0.39, 0.29) is 42.0 Å². The molecule has 1 aromatic rings. The summed E-state index contributed by atoms with van der Waals surface area (Å²) in [5.74, 6) is -0.0979. The summed E-state index contributed by atoms with van der Waals surface area (Å²) in [7, 11) is 0. The van der Waals surface area contributed by atoms with Crippen LogP contribution in [0, 0.1) is 29.5 Å². The molecule has 32 heavy (non-hydrogen) atoms. The Hall–Kier alpha value is -1.54. The van der Waals surface area contributed by atoms with Gasteiger partial charge in [0, 0.05) is 13.0 Å². The first-order valence-corrected chi connectivity index (χ1v) is 11.9. The lowest BCUT2D eigenvalue weighted by Gasteiger charge is -2.51. The molecule has 6 nitrogen and oxygen atoms in total. The Kier molecular flexibility index (Phi) is 8.67. The van der Waals surface area contributed by atoms with E-state index in [4.69, 9.17) is 9.62 Å². The molecule has 1 saturated heterocycles. The molecule has 3 unspecified atom stereocenters. The van der Waals surface area contributed by atoms with E-state index in [1.807, 2.05) is 13.8 Å². The minimum absolute atomic E-state index is 0.0590. The Morgan fingerprint density at radius 1 is 1.25 bits per heavy atom. The molecule has 1 amide bonds. The first-order chi connectivity index (χ1) is 15.3. The molecule has 3 N–H and O–H groups in total. The van der Waals surface area contributed by atoms with Crippen LogP contribution < -0.4 is 5.32 Å². The molecule has 2 fully saturated rings. The molecule has 7 atom stereocenters. The van der Waals surface area contributed by atoms with Gasteiger partial charge in [-0.25, -0.2) is 9.28 Å². The van der Waals surface area contributed by atoms with Crippen LogP contribution in [0.2, 0.25) is 0 Å². The van der Waals surface area contributed by atoms with Gasteiger partial charge in [-0.1, -0.05) is 26.0 Å². The SMILES string of the molecule is CC1CC[C@H]2[C@H](C)CC[C@@H](C(C)C(O)CCC(=O)NCc3ccc(F)cc3)[C@@]2(OO)CO1. The smallest absolute Gasteiger partial charge is 0.220 e. The van der Waals surface area contributed by atoms with Gasteiger partial charge >= 0.3 is 0 Å². The van der Waals surface area contributed by atoms with E-state index in [0.29, 0.717) is 25.5 Å². The highest BCUT2D eigenvalue weighted by molar-refractivity contribution is 5.75. The number of hydrogen-bond acceptors (Lipinski definition) is 5. The lowest BCUT2D eigenvalue weighted by molar-refractivity contribution is -0.377. The second-order valence-corrected chi connectivity index (χ2v) is 9.88. The number of benzene rings is 1. The quantitative estimate of drug-likeness (QED) is 0.405. The average molecular weight is 452 g/mol. The molecule has 1 aliphatic carbocycles. The number of halogens is 1. The normalized spacial score (nSPS) is 32.4. The van der Waals surface area contributed by atoms with E-state index in [0.717, 1.165) is 31.2 Å². The molecule has 1 saturated carbocycles. The van der Waals surface area contributed by atoms with Crippen LogP contribution in [0.4, 0.5) is 4.39 Å². The van der Waals surface area contributed by atoms with Crippen molar-refractivity contribution in [2.75, 3.05) is 6.61 Å². The summed E-state index contributed by atoms with van der Waals surface area (Å²) in [5.41, 5.74) is -0.00567. The summed E-state index contributed by atoms with van der Waals surface area (Å²) in [5, 5.41) is 23.8. The van der Waals surface area contributed by atoms with Crippen LogP contribution in [0.25, 0.3) is 0 Å². The molecule has 3 rings (SSSR count). The topological polar surface area (TPSA) is 88.0 Å². The Balaban J connectivity index is 1.58. The summed E-state index contributed by atoms with van der Waals surface area (Å²) in [6, 6.07) is 6.00. The fourth-order valence-corrected chi connectivity index (χ4v) is 5.73. The third kappa shape index (κ3) is 5.68. The molecule has 7 heteroatoms. The summed E-state index contributed by atoms with van der Waals surface area (Å²) in [4.78, 5) is 17.5. The van der Waals surface area contributed by atoms with Crippen LogP contribution >= 0.6 is 0 Å². The van der Waals surface area contributed by atoms with Crippen molar-refractivity contribution in [1.82, 2.24) is 5.32 Å². The first-order valence-electron chi connectivity index (χ1n) is 11.9. The Morgan fingerprint density at radius 3 is 2.66 bits per heavy atom. The largest absolute Gasteiger partial charge is 0.393 e. The fraction of sp³-hybridized carbons (Fsp3) is 0.720. The molecule has 0 radical (unpaired) electrons. The highest BCUT2D eigenvalue weighted by atomic mass is 19.1. The zero-order chi connectivity index (χ0) is 23.3. The summed E-state index contributed by atoms with van der Waals surface area (Å²) < 4.78 is 19.0. The van der Waals surface area contributed by atoms with Crippen molar-refractivity contribution in [3.63, 3.8) is 0 Å². The van der Waals surface area contributed by atoms with E-state index in [1.165, 1.54) is 12.1 Å². The van der Waals surface area contributed by atoms with E-state index >= 15 is 0 Å². The molecule has 1 heterocycles. The van der Waals surface area contributed by atoms with Crippen LogP contribution in [0.5, 0.6) is 0 Å². The number of amides is 1. The van der Waals surface area contributed by atoms with Crippen LogP contribution in [-0.2, 0) is 21.0 Å². The molecular weight excluding hydrogens is 413 g/mol. The van der Waals surface area contributed by atoms with Gasteiger partial charge in [0.1, 0.15) is 11.4 Å². The summed E-state index contributed by atoms with van der Waals surface area (Å²) >= 11 is 0. The zero-order valence-corrected chi connectivity index (χ0v) is 19.4. The Morgan fingerprint density at radius 2 is 1.97 bits per heavy atom. The molecule has 0 spiro atoms.